The molecular formula is C11H9FN4O2. The van der Waals surface area contributed by atoms with Crippen LogP contribution in [0.4, 0.5) is 4.39 Å². The second-order valence-corrected chi connectivity index (χ2v) is 3.60. The number of hydrogen-bond acceptors (Lipinski definition) is 4. The molecule has 92 valence electrons. The molecule has 0 atom stereocenters. The maximum Gasteiger partial charge on any atom is 0.243 e. The maximum absolute atomic E-state index is 12.7. The van der Waals surface area contributed by atoms with Crippen molar-refractivity contribution in [3.8, 4) is 5.82 Å². The van der Waals surface area contributed by atoms with Crippen molar-refractivity contribution < 1.29 is 9.31 Å². The molecule has 2 heterocycles. The molecule has 0 spiro atoms. The molecule has 0 fully saturated rings. The Morgan fingerprint density at radius 2 is 2.28 bits per heavy atom. The van der Waals surface area contributed by atoms with E-state index in [0.29, 0.717) is 11.4 Å². The van der Waals surface area contributed by atoms with Crippen LogP contribution in [0.5, 0.6) is 0 Å². The average Bonchev–Trinajstić information content (AvgIpc) is 2.78. The van der Waals surface area contributed by atoms with Gasteiger partial charge in [0.1, 0.15) is 5.82 Å². The number of halogens is 1. The third-order valence-corrected chi connectivity index (χ3v) is 2.21. The molecule has 6 nitrogen and oxygen atoms in total. The van der Waals surface area contributed by atoms with Crippen molar-refractivity contribution >= 4 is 6.08 Å². The van der Waals surface area contributed by atoms with Crippen LogP contribution in [0.15, 0.2) is 36.4 Å². The van der Waals surface area contributed by atoms with E-state index in [9.17, 15) is 14.5 Å². The standard InChI is InChI=1S/C11H9FN4O2/c1-8(16(17)18)4-9-5-14-15(7-9)11-3-2-10(12)6-13-11/h2-7H,1H3/b8-4-. The van der Waals surface area contributed by atoms with Crippen molar-refractivity contribution in [3.05, 3.63) is 57.9 Å². The average molecular weight is 248 g/mol. The predicted molar refractivity (Wildman–Crippen MR) is 62.0 cm³/mol. The van der Waals surface area contributed by atoms with Crippen LogP contribution in [0.3, 0.4) is 0 Å². The van der Waals surface area contributed by atoms with Crippen molar-refractivity contribution in [2.75, 3.05) is 0 Å². The minimum absolute atomic E-state index is 0.0154. The maximum atomic E-state index is 12.7. The van der Waals surface area contributed by atoms with E-state index >= 15 is 0 Å². The van der Waals surface area contributed by atoms with Gasteiger partial charge in [0.05, 0.1) is 17.3 Å². The molecule has 0 N–H and O–H groups in total. The van der Waals surface area contributed by atoms with Crippen LogP contribution in [0.25, 0.3) is 11.9 Å². The van der Waals surface area contributed by atoms with Gasteiger partial charge in [-0.15, -0.1) is 0 Å². The first kappa shape index (κ1) is 11.9. The van der Waals surface area contributed by atoms with Crippen molar-refractivity contribution in [1.82, 2.24) is 14.8 Å². The summed E-state index contributed by atoms with van der Waals surface area (Å²) in [6, 6.07) is 2.73. The van der Waals surface area contributed by atoms with Crippen LogP contribution in [-0.2, 0) is 0 Å². The SMILES string of the molecule is C/C(=C/c1cnn(-c2ccc(F)cn2)c1)[N+](=O)[O-]. The first-order chi connectivity index (χ1) is 8.56. The second kappa shape index (κ2) is 4.74. The molecule has 0 radical (unpaired) electrons. The molecule has 0 aromatic carbocycles. The first-order valence-electron chi connectivity index (χ1n) is 5.05. The van der Waals surface area contributed by atoms with Crippen LogP contribution in [-0.4, -0.2) is 19.7 Å². The van der Waals surface area contributed by atoms with Crippen molar-refractivity contribution in [3.63, 3.8) is 0 Å². The highest BCUT2D eigenvalue weighted by atomic mass is 19.1. The van der Waals surface area contributed by atoms with Gasteiger partial charge in [0, 0.05) is 24.8 Å². The summed E-state index contributed by atoms with van der Waals surface area (Å²) in [4.78, 5) is 13.8. The summed E-state index contributed by atoms with van der Waals surface area (Å²) in [5.41, 5.74) is 0.594. The Kier molecular flexibility index (Phi) is 3.13. The number of pyridine rings is 1. The number of nitro groups is 1. The second-order valence-electron chi connectivity index (χ2n) is 3.60. The van der Waals surface area contributed by atoms with E-state index in [-0.39, 0.29) is 5.70 Å². The molecule has 0 saturated heterocycles. The Balaban J connectivity index is 2.28. The third kappa shape index (κ3) is 2.57. The largest absolute Gasteiger partial charge is 0.259 e. The van der Waals surface area contributed by atoms with Gasteiger partial charge in [0.15, 0.2) is 5.82 Å². The lowest BCUT2D eigenvalue weighted by molar-refractivity contribution is -0.422. The molecule has 0 amide bonds. The van der Waals surface area contributed by atoms with Crippen molar-refractivity contribution in [2.24, 2.45) is 0 Å². The lowest BCUT2D eigenvalue weighted by Crippen LogP contribution is -1.97. The van der Waals surface area contributed by atoms with Crippen LogP contribution in [0, 0.1) is 15.9 Å². The van der Waals surface area contributed by atoms with Crippen molar-refractivity contribution in [2.45, 2.75) is 6.92 Å². The molecule has 0 unspecified atom stereocenters. The zero-order chi connectivity index (χ0) is 13.1. The molecule has 0 aliphatic carbocycles. The topological polar surface area (TPSA) is 73.8 Å². The molecule has 2 aromatic heterocycles. The highest BCUT2D eigenvalue weighted by molar-refractivity contribution is 5.49. The highest BCUT2D eigenvalue weighted by Gasteiger charge is 2.05. The van der Waals surface area contributed by atoms with Crippen LogP contribution < -0.4 is 0 Å². The first-order valence-corrected chi connectivity index (χ1v) is 5.05. The molecule has 7 heteroatoms. The Bertz CT molecular complexity index is 604. The van der Waals surface area contributed by atoms with E-state index in [2.05, 4.69) is 10.1 Å². The zero-order valence-electron chi connectivity index (χ0n) is 9.45. The van der Waals surface area contributed by atoms with Gasteiger partial charge in [-0.25, -0.2) is 14.1 Å². The number of aromatic nitrogens is 3. The Hall–Kier alpha value is -2.57. The van der Waals surface area contributed by atoms with Crippen LogP contribution in [0.1, 0.15) is 12.5 Å². The smallest absolute Gasteiger partial charge is 0.243 e. The summed E-state index contributed by atoms with van der Waals surface area (Å²) < 4.78 is 14.1. The summed E-state index contributed by atoms with van der Waals surface area (Å²) in [7, 11) is 0. The number of rotatable bonds is 3. The van der Waals surface area contributed by atoms with E-state index in [0.717, 1.165) is 6.20 Å². The van der Waals surface area contributed by atoms with Gasteiger partial charge >= 0.3 is 0 Å². The van der Waals surface area contributed by atoms with E-state index in [1.807, 2.05) is 0 Å². The molecule has 0 aliphatic rings. The normalized spacial score (nSPS) is 11.6. The highest BCUT2D eigenvalue weighted by Crippen LogP contribution is 2.09. The van der Waals surface area contributed by atoms with Crippen LogP contribution in [0.2, 0.25) is 0 Å². The Morgan fingerprint density at radius 1 is 1.50 bits per heavy atom. The van der Waals surface area contributed by atoms with Gasteiger partial charge in [-0.05, 0) is 12.1 Å². The van der Waals surface area contributed by atoms with Gasteiger partial charge in [0.25, 0.3) is 0 Å². The minimum atomic E-state index is -0.479. The van der Waals surface area contributed by atoms with Gasteiger partial charge in [-0.3, -0.25) is 10.1 Å². The fourth-order valence-electron chi connectivity index (χ4n) is 1.33. The lowest BCUT2D eigenvalue weighted by Gasteiger charge is -1.98. The molecule has 0 bridgehead atoms. The summed E-state index contributed by atoms with van der Waals surface area (Å²) in [6.45, 7) is 1.40. The summed E-state index contributed by atoms with van der Waals surface area (Å²) in [5.74, 6) is 0.00466. The van der Waals surface area contributed by atoms with E-state index in [4.69, 9.17) is 0 Å². The van der Waals surface area contributed by atoms with Gasteiger partial charge in [-0.2, -0.15) is 5.10 Å². The monoisotopic (exact) mass is 248 g/mol. The van der Waals surface area contributed by atoms with E-state index < -0.39 is 10.7 Å². The zero-order valence-corrected chi connectivity index (χ0v) is 9.45. The summed E-state index contributed by atoms with van der Waals surface area (Å²) >= 11 is 0. The third-order valence-electron chi connectivity index (χ3n) is 2.21. The minimum Gasteiger partial charge on any atom is -0.259 e. The molecule has 2 aromatic rings. The van der Waals surface area contributed by atoms with Gasteiger partial charge < -0.3 is 0 Å². The van der Waals surface area contributed by atoms with Gasteiger partial charge in [-0.1, -0.05) is 0 Å². The molecule has 2 rings (SSSR count). The molecular weight excluding hydrogens is 239 g/mol. The number of nitrogens with zero attached hydrogens (tertiary/aromatic N) is 4. The summed E-state index contributed by atoms with van der Waals surface area (Å²) in [5, 5.41) is 14.5. The fourth-order valence-corrected chi connectivity index (χ4v) is 1.33. The number of hydrogen-bond donors (Lipinski definition) is 0. The quantitative estimate of drug-likeness (QED) is 0.615. The van der Waals surface area contributed by atoms with Crippen molar-refractivity contribution in [1.29, 1.82) is 0 Å². The fraction of sp³-hybridized carbons (Fsp3) is 0.0909. The molecule has 18 heavy (non-hydrogen) atoms. The van der Waals surface area contributed by atoms with Crippen LogP contribution >= 0.6 is 0 Å². The molecule has 0 saturated carbocycles. The van der Waals surface area contributed by atoms with E-state index in [1.165, 1.54) is 36.0 Å². The van der Waals surface area contributed by atoms with Gasteiger partial charge in [0.2, 0.25) is 5.70 Å². The predicted octanol–water partition coefficient (Wildman–Crippen LogP) is 2.04. The molecule has 0 aliphatic heterocycles. The Labute approximate surface area is 102 Å². The Morgan fingerprint density at radius 3 is 2.89 bits per heavy atom. The summed E-state index contributed by atoms with van der Waals surface area (Å²) in [6.07, 6.45) is 5.52. The van der Waals surface area contributed by atoms with E-state index in [1.54, 1.807) is 6.20 Å². The lowest BCUT2D eigenvalue weighted by atomic mass is 10.3. The number of allylic oxidation sites excluding steroid dienone is 1.